The van der Waals surface area contributed by atoms with Crippen molar-refractivity contribution in [1.82, 2.24) is 5.43 Å². The highest BCUT2D eigenvalue weighted by atomic mass is 35.5. The normalized spacial score (nSPS) is 13.9. The first kappa shape index (κ1) is 25.1. The van der Waals surface area contributed by atoms with Crippen LogP contribution in [0.1, 0.15) is 21.5 Å². The van der Waals surface area contributed by atoms with Gasteiger partial charge in [0.25, 0.3) is 5.91 Å². The molecule has 182 valence electrons. The molecule has 0 atom stereocenters. The molecule has 3 aromatic rings. The second-order valence-electron chi connectivity index (χ2n) is 7.99. The Morgan fingerprint density at radius 3 is 2.49 bits per heavy atom. The van der Waals surface area contributed by atoms with Crippen molar-refractivity contribution in [2.45, 2.75) is 12.6 Å². The summed E-state index contributed by atoms with van der Waals surface area (Å²) in [6.45, 7) is 0.147. The molecule has 1 aliphatic rings. The van der Waals surface area contributed by atoms with E-state index in [1.807, 2.05) is 36.0 Å². The minimum absolute atomic E-state index is 0.147. The summed E-state index contributed by atoms with van der Waals surface area (Å²) >= 11 is 7.77. The van der Waals surface area contributed by atoms with Gasteiger partial charge >= 0.3 is 0 Å². The van der Waals surface area contributed by atoms with Gasteiger partial charge in [0, 0.05) is 22.1 Å². The third-order valence-electron chi connectivity index (χ3n) is 5.21. The van der Waals surface area contributed by atoms with Crippen LogP contribution in [-0.2, 0) is 16.6 Å². The summed E-state index contributed by atoms with van der Waals surface area (Å²) in [6.07, 6.45) is 2.94. The maximum absolute atomic E-state index is 12.5. The number of amides is 1. The van der Waals surface area contributed by atoms with Gasteiger partial charge in [-0.1, -0.05) is 35.9 Å². The van der Waals surface area contributed by atoms with Crippen LogP contribution in [0.3, 0.4) is 0 Å². The van der Waals surface area contributed by atoms with Gasteiger partial charge in [0.2, 0.25) is 10.0 Å². The molecule has 7 nitrogen and oxygen atoms in total. The molecule has 0 aliphatic carbocycles. The van der Waals surface area contributed by atoms with Crippen LogP contribution in [-0.4, -0.2) is 44.4 Å². The largest absolute Gasteiger partial charge is 0.489 e. The van der Waals surface area contributed by atoms with E-state index in [0.29, 0.717) is 16.3 Å². The van der Waals surface area contributed by atoms with E-state index in [0.717, 1.165) is 34.6 Å². The predicted molar refractivity (Wildman–Crippen MR) is 142 cm³/mol. The molecule has 35 heavy (non-hydrogen) atoms. The number of anilines is 1. The number of nitrogens with zero attached hydrogens (tertiary/aromatic N) is 2. The standard InChI is InChI=1S/C25H24ClN3O4S2/c1-35(31,32)29(15-18-5-9-21(26)10-6-18)22-11-7-20(8-12-22)25(30)28-27-14-19-3-2-4-23(13-19)33-24-16-34-17-24/h2-14,24H,15-17H2,1H3,(H,28,30)/b27-14-. The van der Waals surface area contributed by atoms with Crippen LogP contribution in [0.5, 0.6) is 5.75 Å². The molecule has 0 bridgehead atoms. The van der Waals surface area contributed by atoms with Crippen molar-refractivity contribution in [3.63, 3.8) is 0 Å². The Labute approximate surface area is 214 Å². The fraction of sp³-hybridized carbons (Fsp3) is 0.200. The molecule has 1 aliphatic heterocycles. The second-order valence-corrected chi connectivity index (χ2v) is 11.4. The lowest BCUT2D eigenvalue weighted by Crippen LogP contribution is -2.31. The van der Waals surface area contributed by atoms with Gasteiger partial charge in [-0.2, -0.15) is 16.9 Å². The number of benzene rings is 3. The number of hydrogen-bond acceptors (Lipinski definition) is 6. The number of hydrazone groups is 1. The zero-order chi connectivity index (χ0) is 24.8. The summed E-state index contributed by atoms with van der Waals surface area (Å²) in [5, 5.41) is 4.61. The van der Waals surface area contributed by atoms with Gasteiger partial charge < -0.3 is 4.74 Å². The Kier molecular flexibility index (Phi) is 8.00. The summed E-state index contributed by atoms with van der Waals surface area (Å²) < 4.78 is 31.9. The van der Waals surface area contributed by atoms with Crippen LogP contribution in [0, 0.1) is 0 Å². The summed E-state index contributed by atoms with van der Waals surface area (Å²) in [7, 11) is -3.55. The van der Waals surface area contributed by atoms with Crippen LogP contribution >= 0.6 is 23.4 Å². The molecule has 0 radical (unpaired) electrons. The fourth-order valence-electron chi connectivity index (χ4n) is 3.31. The number of sulfonamides is 1. The van der Waals surface area contributed by atoms with Crippen molar-refractivity contribution in [2.75, 3.05) is 22.1 Å². The first-order chi connectivity index (χ1) is 16.8. The quantitative estimate of drug-likeness (QED) is 0.324. The molecule has 1 saturated heterocycles. The molecule has 10 heteroatoms. The van der Waals surface area contributed by atoms with Gasteiger partial charge in [0.15, 0.2) is 0 Å². The van der Waals surface area contributed by atoms with E-state index < -0.39 is 15.9 Å². The first-order valence-electron chi connectivity index (χ1n) is 10.8. The first-order valence-corrected chi connectivity index (χ1v) is 14.2. The molecular weight excluding hydrogens is 506 g/mol. The summed E-state index contributed by atoms with van der Waals surface area (Å²) in [5.74, 6) is 2.36. The molecule has 0 spiro atoms. The summed E-state index contributed by atoms with van der Waals surface area (Å²) in [4.78, 5) is 12.5. The molecule has 3 aromatic carbocycles. The van der Waals surface area contributed by atoms with Gasteiger partial charge in [0.05, 0.1) is 24.7 Å². The number of nitrogens with one attached hydrogen (secondary N) is 1. The van der Waals surface area contributed by atoms with Gasteiger partial charge in [-0.05, 0) is 59.7 Å². The van der Waals surface area contributed by atoms with E-state index in [1.54, 1.807) is 54.7 Å². The highest BCUT2D eigenvalue weighted by molar-refractivity contribution is 8.00. The Morgan fingerprint density at radius 2 is 1.86 bits per heavy atom. The highest BCUT2D eigenvalue weighted by Gasteiger charge is 2.20. The molecule has 4 rings (SSSR count). The number of carbonyl (C=O) groups excluding carboxylic acids is 1. The maximum atomic E-state index is 12.5. The molecule has 1 heterocycles. The molecule has 1 fully saturated rings. The smallest absolute Gasteiger partial charge is 0.271 e. The molecule has 0 aromatic heterocycles. The minimum atomic E-state index is -3.55. The third-order valence-corrected chi connectivity index (χ3v) is 7.81. The number of hydrogen-bond donors (Lipinski definition) is 1. The lowest BCUT2D eigenvalue weighted by molar-refractivity contribution is 0.0955. The van der Waals surface area contributed by atoms with Crippen LogP contribution < -0.4 is 14.5 Å². The number of ether oxygens (including phenoxy) is 1. The zero-order valence-electron chi connectivity index (χ0n) is 18.9. The average Bonchev–Trinajstić information content (AvgIpc) is 2.81. The minimum Gasteiger partial charge on any atom is -0.489 e. The van der Waals surface area contributed by atoms with Gasteiger partial charge in [0.1, 0.15) is 11.9 Å². The predicted octanol–water partition coefficient (Wildman–Crippen LogP) is 4.56. The van der Waals surface area contributed by atoms with E-state index in [-0.39, 0.29) is 12.6 Å². The maximum Gasteiger partial charge on any atom is 0.271 e. The second kappa shape index (κ2) is 11.2. The summed E-state index contributed by atoms with van der Waals surface area (Å²) in [6, 6.07) is 20.8. The van der Waals surface area contributed by atoms with Crippen molar-refractivity contribution >= 4 is 51.2 Å². The van der Waals surface area contributed by atoms with Gasteiger partial charge in [-0.3, -0.25) is 9.10 Å². The van der Waals surface area contributed by atoms with Crippen LogP contribution in [0.15, 0.2) is 77.9 Å². The number of carbonyl (C=O) groups is 1. The lowest BCUT2D eigenvalue weighted by Gasteiger charge is -2.25. The van der Waals surface area contributed by atoms with E-state index in [9.17, 15) is 13.2 Å². The van der Waals surface area contributed by atoms with Gasteiger partial charge in [-0.25, -0.2) is 13.8 Å². The lowest BCUT2D eigenvalue weighted by atomic mass is 10.2. The number of thioether (sulfide) groups is 1. The van der Waals surface area contributed by atoms with Crippen molar-refractivity contribution in [3.8, 4) is 5.75 Å². The monoisotopic (exact) mass is 529 g/mol. The Morgan fingerprint density at radius 1 is 1.14 bits per heavy atom. The van der Waals surface area contributed by atoms with E-state index in [1.165, 1.54) is 4.31 Å². The third kappa shape index (κ3) is 7.00. The van der Waals surface area contributed by atoms with Crippen LogP contribution in [0.2, 0.25) is 5.02 Å². The average molecular weight is 530 g/mol. The number of halogens is 1. The van der Waals surface area contributed by atoms with E-state index in [4.69, 9.17) is 16.3 Å². The Balaban J connectivity index is 1.39. The molecule has 0 unspecified atom stereocenters. The zero-order valence-corrected chi connectivity index (χ0v) is 21.3. The molecule has 0 saturated carbocycles. The molecule has 1 amide bonds. The SMILES string of the molecule is CS(=O)(=O)N(Cc1ccc(Cl)cc1)c1ccc(C(=O)N/N=C\c2cccc(OC3CSC3)c2)cc1. The van der Waals surface area contributed by atoms with Crippen LogP contribution in [0.4, 0.5) is 5.69 Å². The fourth-order valence-corrected chi connectivity index (χ4v) is 4.89. The Hall–Kier alpha value is -3.01. The highest BCUT2D eigenvalue weighted by Crippen LogP contribution is 2.24. The Bertz CT molecular complexity index is 1310. The van der Waals surface area contributed by atoms with Crippen molar-refractivity contribution < 1.29 is 17.9 Å². The number of rotatable bonds is 9. The van der Waals surface area contributed by atoms with Crippen molar-refractivity contribution in [2.24, 2.45) is 5.10 Å². The van der Waals surface area contributed by atoms with Gasteiger partial charge in [-0.15, -0.1) is 0 Å². The topological polar surface area (TPSA) is 88.1 Å². The van der Waals surface area contributed by atoms with Crippen molar-refractivity contribution in [3.05, 3.63) is 94.5 Å². The molecular formula is C25H24ClN3O4S2. The summed E-state index contributed by atoms with van der Waals surface area (Å²) in [5.41, 5.74) is 4.89. The van der Waals surface area contributed by atoms with E-state index in [2.05, 4.69) is 10.5 Å². The van der Waals surface area contributed by atoms with Crippen molar-refractivity contribution in [1.29, 1.82) is 0 Å². The van der Waals surface area contributed by atoms with Crippen LogP contribution in [0.25, 0.3) is 0 Å². The van der Waals surface area contributed by atoms with E-state index >= 15 is 0 Å². The molecule has 1 N–H and O–H groups in total.